The number of carbonyl (C=O) groups is 1. The normalized spacial score (nSPS) is 14.1. The summed E-state index contributed by atoms with van der Waals surface area (Å²) in [5.41, 5.74) is 2.24. The van der Waals surface area contributed by atoms with Gasteiger partial charge >= 0.3 is 0 Å². The van der Waals surface area contributed by atoms with Crippen LogP contribution in [0.1, 0.15) is 10.4 Å². The van der Waals surface area contributed by atoms with Crippen molar-refractivity contribution in [2.45, 2.75) is 0 Å². The van der Waals surface area contributed by atoms with Crippen LogP contribution in [0.25, 0.3) is 22.0 Å². The number of fused-ring (bicyclic) bond motifs is 1. The quantitative estimate of drug-likeness (QED) is 0.399. The summed E-state index contributed by atoms with van der Waals surface area (Å²) in [5.74, 6) is 0.858. The molecule has 5 rings (SSSR count). The van der Waals surface area contributed by atoms with Crippen LogP contribution in [0.15, 0.2) is 72.8 Å². The minimum absolute atomic E-state index is 0.0697. The molecule has 1 amide bonds. The molecule has 0 atom stereocenters. The lowest BCUT2D eigenvalue weighted by Gasteiger charge is -2.35. The van der Waals surface area contributed by atoms with Crippen molar-refractivity contribution in [1.29, 1.82) is 0 Å². The molecule has 0 spiro atoms. The minimum atomic E-state index is 0.0697. The molecule has 0 aliphatic carbocycles. The van der Waals surface area contributed by atoms with Gasteiger partial charge in [-0.05, 0) is 47.2 Å². The van der Waals surface area contributed by atoms with Gasteiger partial charge in [-0.25, -0.2) is 0 Å². The van der Waals surface area contributed by atoms with Crippen LogP contribution < -0.4 is 4.90 Å². The van der Waals surface area contributed by atoms with E-state index in [1.165, 1.54) is 0 Å². The minimum Gasteiger partial charge on any atom is -0.352 e. The highest BCUT2D eigenvalue weighted by atomic mass is 35.5. The third-order valence-electron chi connectivity index (χ3n) is 5.77. The van der Waals surface area contributed by atoms with E-state index in [4.69, 9.17) is 23.2 Å². The highest BCUT2D eigenvalue weighted by Gasteiger charge is 2.24. The van der Waals surface area contributed by atoms with Crippen molar-refractivity contribution in [3.05, 3.63) is 88.4 Å². The van der Waals surface area contributed by atoms with Gasteiger partial charge < -0.3 is 9.80 Å². The number of carbonyl (C=O) groups excluding carboxylic acids is 1. The number of halogens is 2. The number of nitrogens with zero attached hydrogens (tertiary/aromatic N) is 4. The maximum Gasteiger partial charge on any atom is 0.254 e. The molecular formula is C25H20Cl2N4O. The molecule has 0 bridgehead atoms. The highest BCUT2D eigenvalue weighted by Crippen LogP contribution is 2.29. The smallest absolute Gasteiger partial charge is 0.254 e. The third kappa shape index (κ3) is 4.01. The van der Waals surface area contributed by atoms with Gasteiger partial charge in [0, 0.05) is 42.3 Å². The molecule has 32 heavy (non-hydrogen) atoms. The van der Waals surface area contributed by atoms with E-state index in [0.29, 0.717) is 41.9 Å². The van der Waals surface area contributed by atoms with Crippen molar-refractivity contribution in [3.63, 3.8) is 0 Å². The van der Waals surface area contributed by atoms with Gasteiger partial charge in [0.1, 0.15) is 0 Å². The van der Waals surface area contributed by atoms with Crippen molar-refractivity contribution >= 4 is 45.7 Å². The number of amides is 1. The molecule has 0 unspecified atom stereocenters. The number of rotatable bonds is 3. The average molecular weight is 463 g/mol. The lowest BCUT2D eigenvalue weighted by atomic mass is 10.0. The lowest BCUT2D eigenvalue weighted by Crippen LogP contribution is -2.49. The predicted octanol–water partition coefficient (Wildman–Crippen LogP) is 5.57. The fourth-order valence-corrected chi connectivity index (χ4v) is 4.56. The summed E-state index contributed by atoms with van der Waals surface area (Å²) in [7, 11) is 0. The second-order valence-electron chi connectivity index (χ2n) is 7.71. The molecule has 1 aliphatic rings. The van der Waals surface area contributed by atoms with Crippen LogP contribution in [0.2, 0.25) is 10.0 Å². The van der Waals surface area contributed by atoms with Crippen LogP contribution >= 0.6 is 23.2 Å². The van der Waals surface area contributed by atoms with E-state index < -0.39 is 0 Å². The zero-order chi connectivity index (χ0) is 22.1. The summed E-state index contributed by atoms with van der Waals surface area (Å²) >= 11 is 12.3. The van der Waals surface area contributed by atoms with E-state index >= 15 is 0 Å². The molecule has 160 valence electrons. The number of aromatic nitrogens is 2. The van der Waals surface area contributed by atoms with Crippen molar-refractivity contribution in [3.8, 4) is 11.3 Å². The number of benzene rings is 3. The summed E-state index contributed by atoms with van der Waals surface area (Å²) in [5, 5.41) is 11.9. The first-order valence-corrected chi connectivity index (χ1v) is 11.2. The van der Waals surface area contributed by atoms with E-state index in [2.05, 4.69) is 15.1 Å². The van der Waals surface area contributed by atoms with Gasteiger partial charge in [-0.3, -0.25) is 4.79 Å². The summed E-state index contributed by atoms with van der Waals surface area (Å²) in [6.45, 7) is 2.67. The maximum absolute atomic E-state index is 13.2. The Labute approximate surface area is 196 Å². The predicted molar refractivity (Wildman–Crippen MR) is 130 cm³/mol. The molecule has 1 fully saturated rings. The van der Waals surface area contributed by atoms with Crippen molar-refractivity contribution in [2.75, 3.05) is 31.1 Å². The first kappa shape index (κ1) is 20.7. The molecule has 7 heteroatoms. The molecule has 1 saturated heterocycles. The fourth-order valence-electron chi connectivity index (χ4n) is 4.06. The van der Waals surface area contributed by atoms with Crippen LogP contribution in [-0.2, 0) is 0 Å². The second-order valence-corrected chi connectivity index (χ2v) is 8.55. The zero-order valence-electron chi connectivity index (χ0n) is 17.2. The third-order valence-corrected chi connectivity index (χ3v) is 6.32. The summed E-state index contributed by atoms with van der Waals surface area (Å²) in [6, 6.07) is 23.0. The molecule has 2 heterocycles. The molecular weight excluding hydrogens is 443 g/mol. The second kappa shape index (κ2) is 8.77. The van der Waals surface area contributed by atoms with Gasteiger partial charge in [-0.1, -0.05) is 59.6 Å². The molecule has 0 saturated carbocycles. The van der Waals surface area contributed by atoms with Gasteiger partial charge in [0.2, 0.25) is 0 Å². The van der Waals surface area contributed by atoms with Crippen LogP contribution in [0.5, 0.6) is 0 Å². The number of hydrogen-bond acceptors (Lipinski definition) is 4. The Morgan fingerprint density at radius 1 is 0.812 bits per heavy atom. The summed E-state index contributed by atoms with van der Waals surface area (Å²) in [6.07, 6.45) is 0. The number of piperazine rings is 1. The van der Waals surface area contributed by atoms with E-state index in [-0.39, 0.29) is 5.91 Å². The van der Waals surface area contributed by atoms with Crippen molar-refractivity contribution in [1.82, 2.24) is 15.1 Å². The largest absolute Gasteiger partial charge is 0.352 e. The molecule has 3 aromatic carbocycles. The van der Waals surface area contributed by atoms with Crippen molar-refractivity contribution < 1.29 is 4.79 Å². The van der Waals surface area contributed by atoms with Crippen LogP contribution in [0.4, 0.5) is 5.82 Å². The number of anilines is 1. The monoisotopic (exact) mass is 462 g/mol. The van der Waals surface area contributed by atoms with Crippen molar-refractivity contribution in [2.24, 2.45) is 0 Å². The number of hydrogen-bond donors (Lipinski definition) is 0. The standard InChI is InChI=1S/C25H20Cl2N4O/c26-18-8-9-21(22(27)16-18)23-10-11-24(29-28-23)30-12-14-31(15-13-30)25(32)20-7-3-5-17-4-1-2-6-19(17)20/h1-11,16H,12-15H2. The highest BCUT2D eigenvalue weighted by molar-refractivity contribution is 6.36. The Kier molecular flexibility index (Phi) is 5.68. The molecule has 1 aliphatic heterocycles. The summed E-state index contributed by atoms with van der Waals surface area (Å²) < 4.78 is 0. The topological polar surface area (TPSA) is 49.3 Å². The van der Waals surface area contributed by atoms with Crippen LogP contribution in [0.3, 0.4) is 0 Å². The Balaban J connectivity index is 1.28. The van der Waals surface area contributed by atoms with Gasteiger partial charge in [0.25, 0.3) is 5.91 Å². The van der Waals surface area contributed by atoms with Crippen LogP contribution in [-0.4, -0.2) is 47.2 Å². The SMILES string of the molecule is O=C(c1cccc2ccccc12)N1CCN(c2ccc(-c3ccc(Cl)cc3Cl)nn2)CC1. The van der Waals surface area contributed by atoms with E-state index in [9.17, 15) is 4.79 Å². The van der Waals surface area contributed by atoms with Gasteiger partial charge in [-0.15, -0.1) is 10.2 Å². The van der Waals surface area contributed by atoms with E-state index in [1.807, 2.05) is 65.6 Å². The van der Waals surface area contributed by atoms with Gasteiger partial charge in [0.05, 0.1) is 10.7 Å². The zero-order valence-corrected chi connectivity index (χ0v) is 18.7. The molecule has 4 aromatic rings. The van der Waals surface area contributed by atoms with E-state index in [0.717, 1.165) is 27.7 Å². The Morgan fingerprint density at radius 2 is 1.59 bits per heavy atom. The van der Waals surface area contributed by atoms with E-state index in [1.54, 1.807) is 12.1 Å². The van der Waals surface area contributed by atoms with Gasteiger partial charge in [-0.2, -0.15) is 0 Å². The molecule has 0 N–H and O–H groups in total. The van der Waals surface area contributed by atoms with Crippen LogP contribution in [0, 0.1) is 0 Å². The molecule has 5 nitrogen and oxygen atoms in total. The van der Waals surface area contributed by atoms with Gasteiger partial charge in [0.15, 0.2) is 5.82 Å². The first-order valence-electron chi connectivity index (χ1n) is 10.4. The molecule has 1 aromatic heterocycles. The summed E-state index contributed by atoms with van der Waals surface area (Å²) in [4.78, 5) is 17.2. The Hall–Kier alpha value is -3.15. The fraction of sp³-hybridized carbons (Fsp3) is 0.160. The first-order chi connectivity index (χ1) is 15.6. The Morgan fingerprint density at radius 3 is 2.34 bits per heavy atom. The lowest BCUT2D eigenvalue weighted by molar-refractivity contribution is 0.0748. The Bertz CT molecular complexity index is 1280. The maximum atomic E-state index is 13.2. The molecule has 0 radical (unpaired) electrons. The average Bonchev–Trinajstić information content (AvgIpc) is 2.83.